The maximum absolute atomic E-state index is 12.4. The van der Waals surface area contributed by atoms with E-state index in [1.54, 1.807) is 23.2 Å². The second kappa shape index (κ2) is 13.6. The Bertz CT molecular complexity index is 754. The molecule has 0 spiro atoms. The van der Waals surface area contributed by atoms with E-state index in [1.165, 1.54) is 5.56 Å². The topological polar surface area (TPSA) is 83.0 Å². The molecule has 29 heavy (non-hydrogen) atoms. The Morgan fingerprint density at radius 3 is 2.66 bits per heavy atom. The average molecular weight is 557 g/mol. The summed E-state index contributed by atoms with van der Waals surface area (Å²) in [5.41, 5.74) is 2.29. The molecule has 1 fully saturated rings. The monoisotopic (exact) mass is 556 g/mol. The number of nitrogens with zero attached hydrogens (tertiary/aromatic N) is 2. The van der Waals surface area contributed by atoms with Gasteiger partial charge < -0.3 is 15.4 Å². The van der Waals surface area contributed by atoms with Crippen LogP contribution in [0.25, 0.3) is 0 Å². The number of sulfonamides is 1. The standard InChI is InChI=1S/C19H32N4O3S2.HI/c1-4-20-19(21-8-7-17-6-5-16(2)18(15-17)26-3)22-9-14-28(24,25)23-10-12-27-13-11-23;/h5-6,15H,4,7-14H2,1-3H3,(H2,20,21,22);1H. The molecule has 2 rings (SSSR count). The van der Waals surface area contributed by atoms with Gasteiger partial charge in [0, 0.05) is 37.7 Å². The molecule has 0 aromatic heterocycles. The summed E-state index contributed by atoms with van der Waals surface area (Å²) in [6.07, 6.45) is 0.824. The van der Waals surface area contributed by atoms with Crippen molar-refractivity contribution in [3.63, 3.8) is 0 Å². The van der Waals surface area contributed by atoms with Crippen molar-refractivity contribution in [2.75, 3.05) is 57.1 Å². The number of hydrogen-bond donors (Lipinski definition) is 2. The molecule has 1 aromatic carbocycles. The Morgan fingerprint density at radius 1 is 1.28 bits per heavy atom. The van der Waals surface area contributed by atoms with E-state index < -0.39 is 10.0 Å². The molecule has 1 saturated heterocycles. The van der Waals surface area contributed by atoms with Crippen LogP contribution in [0.5, 0.6) is 5.75 Å². The van der Waals surface area contributed by atoms with Crippen LogP contribution in [-0.2, 0) is 16.4 Å². The van der Waals surface area contributed by atoms with Crippen LogP contribution in [0.3, 0.4) is 0 Å². The van der Waals surface area contributed by atoms with Gasteiger partial charge in [-0.25, -0.2) is 12.7 Å². The lowest BCUT2D eigenvalue weighted by atomic mass is 10.1. The average Bonchev–Trinajstić information content (AvgIpc) is 2.70. The third-order valence-electron chi connectivity index (χ3n) is 4.51. The van der Waals surface area contributed by atoms with E-state index in [0.717, 1.165) is 35.8 Å². The molecule has 0 bridgehead atoms. The maximum Gasteiger partial charge on any atom is 0.215 e. The minimum Gasteiger partial charge on any atom is -0.496 e. The van der Waals surface area contributed by atoms with Crippen LogP contribution in [0.4, 0.5) is 0 Å². The number of thioether (sulfide) groups is 1. The second-order valence-corrected chi connectivity index (χ2v) is 9.88. The summed E-state index contributed by atoms with van der Waals surface area (Å²) in [5, 5.41) is 6.44. The molecule has 1 heterocycles. The van der Waals surface area contributed by atoms with Gasteiger partial charge in [-0.15, -0.1) is 24.0 Å². The van der Waals surface area contributed by atoms with Crippen LogP contribution in [0.15, 0.2) is 23.2 Å². The lowest BCUT2D eigenvalue weighted by Gasteiger charge is -2.25. The molecule has 0 atom stereocenters. The number of hydrogen-bond acceptors (Lipinski definition) is 5. The first-order valence-electron chi connectivity index (χ1n) is 9.67. The fourth-order valence-electron chi connectivity index (χ4n) is 2.91. The fraction of sp³-hybridized carbons (Fsp3) is 0.632. The van der Waals surface area contributed by atoms with Crippen molar-refractivity contribution >= 4 is 51.7 Å². The lowest BCUT2D eigenvalue weighted by molar-refractivity contribution is 0.411. The van der Waals surface area contributed by atoms with Crippen molar-refractivity contribution in [2.45, 2.75) is 20.3 Å². The molecule has 0 aliphatic carbocycles. The molecule has 10 heteroatoms. The van der Waals surface area contributed by atoms with Crippen LogP contribution in [0, 0.1) is 6.92 Å². The minimum atomic E-state index is -3.23. The first-order chi connectivity index (χ1) is 13.5. The number of guanidine groups is 1. The van der Waals surface area contributed by atoms with E-state index >= 15 is 0 Å². The molecule has 0 radical (unpaired) electrons. The van der Waals surface area contributed by atoms with Crippen molar-refractivity contribution in [1.29, 1.82) is 0 Å². The number of methoxy groups -OCH3 is 1. The molecule has 1 aromatic rings. The van der Waals surface area contributed by atoms with Gasteiger partial charge in [0.15, 0.2) is 5.96 Å². The SMILES string of the molecule is CCNC(=NCCS(=O)(=O)N1CCSCC1)NCCc1ccc(C)c(OC)c1.I. The van der Waals surface area contributed by atoms with Crippen molar-refractivity contribution in [1.82, 2.24) is 14.9 Å². The van der Waals surface area contributed by atoms with Gasteiger partial charge in [0.25, 0.3) is 0 Å². The predicted octanol–water partition coefficient (Wildman–Crippen LogP) is 2.10. The van der Waals surface area contributed by atoms with Gasteiger partial charge in [-0.05, 0) is 37.5 Å². The summed E-state index contributed by atoms with van der Waals surface area (Å²) >= 11 is 1.80. The Hall–Kier alpha value is -0.720. The molecular weight excluding hydrogens is 523 g/mol. The van der Waals surface area contributed by atoms with Crippen LogP contribution >= 0.6 is 35.7 Å². The number of nitrogens with one attached hydrogen (secondary N) is 2. The van der Waals surface area contributed by atoms with Gasteiger partial charge >= 0.3 is 0 Å². The third kappa shape index (κ3) is 8.89. The van der Waals surface area contributed by atoms with Gasteiger partial charge in [-0.2, -0.15) is 11.8 Å². The first-order valence-corrected chi connectivity index (χ1v) is 12.4. The Morgan fingerprint density at radius 2 is 2.00 bits per heavy atom. The number of ether oxygens (including phenoxy) is 1. The number of benzene rings is 1. The van der Waals surface area contributed by atoms with Crippen molar-refractivity contribution < 1.29 is 13.2 Å². The summed E-state index contributed by atoms with van der Waals surface area (Å²) < 4.78 is 31.8. The molecule has 1 aliphatic rings. The maximum atomic E-state index is 12.4. The van der Waals surface area contributed by atoms with E-state index in [0.29, 0.717) is 25.6 Å². The van der Waals surface area contributed by atoms with Crippen LogP contribution < -0.4 is 15.4 Å². The zero-order valence-electron chi connectivity index (χ0n) is 17.4. The van der Waals surface area contributed by atoms with Crippen LogP contribution in [0.2, 0.25) is 0 Å². The highest BCUT2D eigenvalue weighted by molar-refractivity contribution is 14.0. The molecule has 0 amide bonds. The molecule has 166 valence electrons. The normalized spacial score (nSPS) is 15.5. The van der Waals surface area contributed by atoms with E-state index in [-0.39, 0.29) is 36.3 Å². The van der Waals surface area contributed by atoms with E-state index in [2.05, 4.69) is 27.8 Å². The summed E-state index contributed by atoms with van der Waals surface area (Å²) in [4.78, 5) is 4.43. The van der Waals surface area contributed by atoms with Gasteiger partial charge in [0.1, 0.15) is 5.75 Å². The van der Waals surface area contributed by atoms with E-state index in [9.17, 15) is 8.42 Å². The van der Waals surface area contributed by atoms with Crippen LogP contribution in [-0.4, -0.2) is 75.8 Å². The van der Waals surface area contributed by atoms with Crippen molar-refractivity contribution in [3.8, 4) is 5.75 Å². The highest BCUT2D eigenvalue weighted by Crippen LogP contribution is 2.19. The highest BCUT2D eigenvalue weighted by Gasteiger charge is 2.23. The van der Waals surface area contributed by atoms with Crippen molar-refractivity contribution in [3.05, 3.63) is 29.3 Å². The largest absolute Gasteiger partial charge is 0.496 e. The molecule has 0 unspecified atom stereocenters. The smallest absolute Gasteiger partial charge is 0.215 e. The lowest BCUT2D eigenvalue weighted by Crippen LogP contribution is -2.41. The molecule has 1 aliphatic heterocycles. The number of halogens is 1. The zero-order valence-corrected chi connectivity index (χ0v) is 21.4. The molecule has 7 nitrogen and oxygen atoms in total. The Balaban J connectivity index is 0.00000420. The fourth-order valence-corrected chi connectivity index (χ4v) is 5.37. The van der Waals surface area contributed by atoms with Gasteiger partial charge in [0.2, 0.25) is 10.0 Å². The van der Waals surface area contributed by atoms with Crippen molar-refractivity contribution in [2.24, 2.45) is 4.99 Å². The third-order valence-corrected chi connectivity index (χ3v) is 7.30. The second-order valence-electron chi connectivity index (χ2n) is 6.57. The molecule has 0 saturated carbocycles. The zero-order chi connectivity index (χ0) is 20.4. The molecule has 2 N–H and O–H groups in total. The summed E-state index contributed by atoms with van der Waals surface area (Å²) in [5.74, 6) is 3.32. The van der Waals surface area contributed by atoms with E-state index in [4.69, 9.17) is 4.74 Å². The number of aryl methyl sites for hydroxylation is 1. The van der Waals surface area contributed by atoms with Gasteiger partial charge in [-0.3, -0.25) is 4.99 Å². The quantitative estimate of drug-likeness (QED) is 0.276. The van der Waals surface area contributed by atoms with Crippen LogP contribution in [0.1, 0.15) is 18.1 Å². The van der Waals surface area contributed by atoms with E-state index in [1.807, 2.05) is 19.9 Å². The van der Waals surface area contributed by atoms with Gasteiger partial charge in [0.05, 0.1) is 19.4 Å². The predicted molar refractivity (Wildman–Crippen MR) is 134 cm³/mol. The Labute approximate surface area is 196 Å². The summed E-state index contributed by atoms with van der Waals surface area (Å²) in [6, 6.07) is 6.19. The highest BCUT2D eigenvalue weighted by atomic mass is 127. The molecular formula is C19H33IN4O3S2. The Kier molecular flexibility index (Phi) is 12.3. The number of rotatable bonds is 9. The summed E-state index contributed by atoms with van der Waals surface area (Å²) in [6.45, 7) is 6.90. The number of aliphatic imine (C=N–C) groups is 1. The minimum absolute atomic E-state index is 0. The summed E-state index contributed by atoms with van der Waals surface area (Å²) in [7, 11) is -1.55. The van der Waals surface area contributed by atoms with Gasteiger partial charge in [-0.1, -0.05) is 12.1 Å². The first kappa shape index (κ1) is 26.3.